The van der Waals surface area contributed by atoms with E-state index in [2.05, 4.69) is 4.98 Å². The van der Waals surface area contributed by atoms with E-state index in [1.54, 1.807) is 18.5 Å². The zero-order chi connectivity index (χ0) is 17.1. The Morgan fingerprint density at radius 1 is 0.958 bits per heavy atom. The Morgan fingerprint density at radius 3 is 2.29 bits per heavy atom. The van der Waals surface area contributed by atoms with Crippen molar-refractivity contribution in [1.29, 1.82) is 0 Å². The van der Waals surface area contributed by atoms with Gasteiger partial charge in [0.1, 0.15) is 0 Å². The highest BCUT2D eigenvalue weighted by atomic mass is 16.2. The molecule has 1 N–H and O–H groups in total. The van der Waals surface area contributed by atoms with Gasteiger partial charge < -0.3 is 14.8 Å². The van der Waals surface area contributed by atoms with E-state index in [0.29, 0.717) is 31.7 Å². The first-order valence-electron chi connectivity index (χ1n) is 8.35. The number of aryl methyl sites for hydroxylation is 2. The minimum absolute atomic E-state index is 0.0251. The molecule has 2 amide bonds. The quantitative estimate of drug-likeness (QED) is 0.923. The number of benzene rings is 1. The van der Waals surface area contributed by atoms with Gasteiger partial charge in [0, 0.05) is 44.1 Å². The smallest absolute Gasteiger partial charge is 0.255 e. The molecule has 2 aromatic rings. The molecular weight excluding hydrogens is 302 g/mol. The van der Waals surface area contributed by atoms with Crippen LogP contribution in [0.25, 0.3) is 0 Å². The van der Waals surface area contributed by atoms with Crippen molar-refractivity contribution in [2.24, 2.45) is 0 Å². The molecule has 0 aliphatic carbocycles. The number of aromatic amines is 1. The van der Waals surface area contributed by atoms with Gasteiger partial charge in [-0.3, -0.25) is 9.59 Å². The standard InChI is InChI=1S/C19H23N3O2/c1-14-4-5-17(15(2)12-14)19(24)22-9-3-8-21(10-11-22)18(23)16-6-7-20-13-16/h4-7,12-13,20H,3,8-11H2,1-2H3. The number of carbonyl (C=O) groups is 2. The molecule has 1 aromatic heterocycles. The van der Waals surface area contributed by atoms with Gasteiger partial charge >= 0.3 is 0 Å². The average molecular weight is 325 g/mol. The molecule has 0 atom stereocenters. The number of carbonyl (C=O) groups excluding carboxylic acids is 2. The topological polar surface area (TPSA) is 56.4 Å². The molecule has 0 radical (unpaired) electrons. The summed E-state index contributed by atoms with van der Waals surface area (Å²) in [5, 5.41) is 0. The fourth-order valence-electron chi connectivity index (χ4n) is 3.19. The Bertz CT molecular complexity index is 737. The maximum atomic E-state index is 12.8. The lowest BCUT2D eigenvalue weighted by atomic mass is 10.0. The Balaban J connectivity index is 1.69. The van der Waals surface area contributed by atoms with Gasteiger partial charge in [0.25, 0.3) is 11.8 Å². The molecule has 3 rings (SSSR count). The van der Waals surface area contributed by atoms with Gasteiger partial charge in [-0.2, -0.15) is 0 Å². The molecule has 2 heterocycles. The van der Waals surface area contributed by atoms with Crippen molar-refractivity contribution in [2.45, 2.75) is 20.3 Å². The molecule has 0 bridgehead atoms. The van der Waals surface area contributed by atoms with E-state index in [9.17, 15) is 9.59 Å². The molecule has 5 heteroatoms. The van der Waals surface area contributed by atoms with E-state index in [0.717, 1.165) is 23.1 Å². The Labute approximate surface area is 142 Å². The summed E-state index contributed by atoms with van der Waals surface area (Å²) < 4.78 is 0. The molecule has 126 valence electrons. The van der Waals surface area contributed by atoms with Crippen molar-refractivity contribution in [3.05, 3.63) is 58.9 Å². The molecule has 1 aliphatic rings. The second-order valence-electron chi connectivity index (χ2n) is 6.36. The minimum Gasteiger partial charge on any atom is -0.367 e. The summed E-state index contributed by atoms with van der Waals surface area (Å²) in [5.74, 6) is 0.0838. The molecule has 5 nitrogen and oxygen atoms in total. The van der Waals surface area contributed by atoms with Gasteiger partial charge in [-0.25, -0.2) is 0 Å². The van der Waals surface area contributed by atoms with Gasteiger partial charge in [-0.1, -0.05) is 17.7 Å². The number of aromatic nitrogens is 1. The maximum Gasteiger partial charge on any atom is 0.255 e. The van der Waals surface area contributed by atoms with Crippen molar-refractivity contribution < 1.29 is 9.59 Å². The van der Waals surface area contributed by atoms with Gasteiger partial charge in [-0.05, 0) is 38.0 Å². The normalized spacial score (nSPS) is 15.2. The summed E-state index contributed by atoms with van der Waals surface area (Å²) in [5.41, 5.74) is 3.59. The van der Waals surface area contributed by atoms with Crippen LogP contribution in [-0.2, 0) is 0 Å². The third-order valence-corrected chi connectivity index (χ3v) is 4.53. The summed E-state index contributed by atoms with van der Waals surface area (Å²) in [6.45, 7) is 6.50. The van der Waals surface area contributed by atoms with Gasteiger partial charge in [0.05, 0.1) is 5.56 Å². The largest absolute Gasteiger partial charge is 0.367 e. The third kappa shape index (κ3) is 3.35. The molecule has 0 unspecified atom stereocenters. The van der Waals surface area contributed by atoms with Gasteiger partial charge in [0.2, 0.25) is 0 Å². The van der Waals surface area contributed by atoms with Crippen molar-refractivity contribution >= 4 is 11.8 Å². The monoisotopic (exact) mass is 325 g/mol. The number of amides is 2. The zero-order valence-electron chi connectivity index (χ0n) is 14.2. The SMILES string of the molecule is Cc1ccc(C(=O)N2CCCN(C(=O)c3cc[nH]c3)CC2)c(C)c1. The van der Waals surface area contributed by atoms with Crippen LogP contribution in [0.4, 0.5) is 0 Å². The highest BCUT2D eigenvalue weighted by Crippen LogP contribution is 2.16. The van der Waals surface area contributed by atoms with Gasteiger partial charge in [-0.15, -0.1) is 0 Å². The molecule has 1 fully saturated rings. The summed E-state index contributed by atoms with van der Waals surface area (Å²) in [6.07, 6.45) is 4.26. The summed E-state index contributed by atoms with van der Waals surface area (Å²) in [6, 6.07) is 7.69. The van der Waals surface area contributed by atoms with Crippen molar-refractivity contribution in [3.8, 4) is 0 Å². The lowest BCUT2D eigenvalue weighted by Crippen LogP contribution is -2.37. The molecule has 1 aromatic carbocycles. The van der Waals surface area contributed by atoms with Crippen LogP contribution in [0.2, 0.25) is 0 Å². The fourth-order valence-corrected chi connectivity index (χ4v) is 3.19. The highest BCUT2D eigenvalue weighted by molar-refractivity contribution is 5.96. The van der Waals surface area contributed by atoms with E-state index in [1.807, 2.05) is 41.8 Å². The van der Waals surface area contributed by atoms with E-state index in [4.69, 9.17) is 0 Å². The second kappa shape index (κ2) is 6.91. The maximum absolute atomic E-state index is 12.8. The number of nitrogens with one attached hydrogen (secondary N) is 1. The van der Waals surface area contributed by atoms with E-state index < -0.39 is 0 Å². The highest BCUT2D eigenvalue weighted by Gasteiger charge is 2.24. The van der Waals surface area contributed by atoms with Crippen molar-refractivity contribution in [1.82, 2.24) is 14.8 Å². The number of hydrogen-bond donors (Lipinski definition) is 1. The molecule has 0 spiro atoms. The lowest BCUT2D eigenvalue weighted by Gasteiger charge is -2.22. The van der Waals surface area contributed by atoms with Crippen LogP contribution in [0.15, 0.2) is 36.7 Å². The van der Waals surface area contributed by atoms with Crippen molar-refractivity contribution in [2.75, 3.05) is 26.2 Å². The number of rotatable bonds is 2. The predicted molar refractivity (Wildman–Crippen MR) is 93.1 cm³/mol. The van der Waals surface area contributed by atoms with Gasteiger partial charge in [0.15, 0.2) is 0 Å². The number of H-pyrrole nitrogens is 1. The molecule has 0 saturated carbocycles. The fraction of sp³-hybridized carbons (Fsp3) is 0.368. The Hall–Kier alpha value is -2.56. The van der Waals surface area contributed by atoms with Crippen LogP contribution in [-0.4, -0.2) is 52.8 Å². The Morgan fingerprint density at radius 2 is 1.67 bits per heavy atom. The molecule has 1 aliphatic heterocycles. The molecule has 1 saturated heterocycles. The van der Waals surface area contributed by atoms with Crippen LogP contribution in [0.5, 0.6) is 0 Å². The van der Waals surface area contributed by atoms with Crippen LogP contribution >= 0.6 is 0 Å². The predicted octanol–water partition coefficient (Wildman–Crippen LogP) is 2.62. The third-order valence-electron chi connectivity index (χ3n) is 4.53. The minimum atomic E-state index is 0.0251. The van der Waals surface area contributed by atoms with E-state index in [-0.39, 0.29) is 11.8 Å². The van der Waals surface area contributed by atoms with Crippen molar-refractivity contribution in [3.63, 3.8) is 0 Å². The number of nitrogens with zero attached hydrogens (tertiary/aromatic N) is 2. The second-order valence-corrected chi connectivity index (χ2v) is 6.36. The lowest BCUT2D eigenvalue weighted by molar-refractivity contribution is 0.0718. The first-order chi connectivity index (χ1) is 11.6. The molecular formula is C19H23N3O2. The first-order valence-corrected chi connectivity index (χ1v) is 8.35. The zero-order valence-corrected chi connectivity index (χ0v) is 14.2. The van der Waals surface area contributed by atoms with Crippen LogP contribution in [0.1, 0.15) is 38.3 Å². The van der Waals surface area contributed by atoms with Crippen LogP contribution in [0.3, 0.4) is 0 Å². The summed E-state index contributed by atoms with van der Waals surface area (Å²) in [4.78, 5) is 31.9. The van der Waals surface area contributed by atoms with E-state index >= 15 is 0 Å². The molecule has 24 heavy (non-hydrogen) atoms. The average Bonchev–Trinajstić information content (AvgIpc) is 2.98. The number of hydrogen-bond acceptors (Lipinski definition) is 2. The Kier molecular flexibility index (Phi) is 4.69. The summed E-state index contributed by atoms with van der Waals surface area (Å²) >= 11 is 0. The first kappa shape index (κ1) is 16.3. The summed E-state index contributed by atoms with van der Waals surface area (Å²) in [7, 11) is 0. The van der Waals surface area contributed by atoms with E-state index in [1.165, 1.54) is 0 Å². The van der Waals surface area contributed by atoms with Crippen LogP contribution in [0, 0.1) is 13.8 Å². The van der Waals surface area contributed by atoms with Crippen LogP contribution < -0.4 is 0 Å².